The highest BCUT2D eigenvalue weighted by Gasteiger charge is 2.14. The summed E-state index contributed by atoms with van der Waals surface area (Å²) in [7, 11) is 4.53. The predicted octanol–water partition coefficient (Wildman–Crippen LogP) is 4.31. The number of carbonyl (C=O) groups is 1. The Kier molecular flexibility index (Phi) is 7.51. The first-order valence-electron chi connectivity index (χ1n) is 9.48. The molecule has 9 heteroatoms. The number of nitrogens with one attached hydrogen (secondary N) is 1. The highest BCUT2D eigenvalue weighted by molar-refractivity contribution is 7.99. The molecule has 0 bridgehead atoms. The van der Waals surface area contributed by atoms with E-state index in [1.165, 1.54) is 18.9 Å². The van der Waals surface area contributed by atoms with Gasteiger partial charge >= 0.3 is 5.97 Å². The number of ether oxygens (including phenoxy) is 3. The molecule has 0 aliphatic heterocycles. The molecule has 0 saturated carbocycles. The maximum atomic E-state index is 11.3. The van der Waals surface area contributed by atoms with Crippen molar-refractivity contribution in [3.8, 4) is 17.6 Å². The first-order chi connectivity index (χ1) is 15.1. The van der Waals surface area contributed by atoms with Gasteiger partial charge in [0.15, 0.2) is 16.7 Å². The Balaban J connectivity index is 1.95. The molecule has 31 heavy (non-hydrogen) atoms. The van der Waals surface area contributed by atoms with Crippen molar-refractivity contribution in [2.24, 2.45) is 0 Å². The summed E-state index contributed by atoms with van der Waals surface area (Å²) in [6.45, 7) is 0. The van der Waals surface area contributed by atoms with Crippen LogP contribution in [0.15, 0.2) is 41.6 Å². The van der Waals surface area contributed by atoms with E-state index >= 15 is 0 Å². The molecule has 1 aromatic heterocycles. The molecule has 0 atom stereocenters. The van der Waals surface area contributed by atoms with Crippen LogP contribution in [0.2, 0.25) is 0 Å². The van der Waals surface area contributed by atoms with E-state index in [1.54, 1.807) is 32.4 Å². The van der Waals surface area contributed by atoms with Gasteiger partial charge in [-0.15, -0.1) is 0 Å². The Morgan fingerprint density at radius 3 is 2.45 bits per heavy atom. The van der Waals surface area contributed by atoms with Crippen LogP contribution in [-0.2, 0) is 9.53 Å². The van der Waals surface area contributed by atoms with Gasteiger partial charge in [0.2, 0.25) is 0 Å². The number of hydrogen-bond donors (Lipinski definition) is 1. The standard InChI is InChI=1S/C22H22N4O4S/c1-28-18-11-16-17(12-19(18)29-2)25-22(31-10-4-5-20(27)30-3)26-21(16)24-15-8-6-14(13-23)7-9-15/h6-9,11-12H,4-5,10H2,1-3H3,(H,24,25,26). The molecule has 2 aromatic carbocycles. The van der Waals surface area contributed by atoms with E-state index in [9.17, 15) is 4.79 Å². The molecule has 3 aromatic rings. The molecular weight excluding hydrogens is 416 g/mol. The molecule has 8 nitrogen and oxygen atoms in total. The van der Waals surface area contributed by atoms with E-state index in [1.807, 2.05) is 18.2 Å². The summed E-state index contributed by atoms with van der Waals surface area (Å²) in [5, 5.41) is 13.6. The minimum atomic E-state index is -0.236. The monoisotopic (exact) mass is 438 g/mol. The number of aromatic nitrogens is 2. The zero-order chi connectivity index (χ0) is 22.2. The molecule has 0 fully saturated rings. The van der Waals surface area contributed by atoms with Gasteiger partial charge in [0, 0.05) is 29.3 Å². The first kappa shape index (κ1) is 22.2. The number of nitrogens with zero attached hydrogens (tertiary/aromatic N) is 3. The van der Waals surface area contributed by atoms with Crippen molar-refractivity contribution in [2.75, 3.05) is 32.4 Å². The van der Waals surface area contributed by atoms with Crippen LogP contribution in [0, 0.1) is 11.3 Å². The van der Waals surface area contributed by atoms with Crippen molar-refractivity contribution >= 4 is 40.1 Å². The number of anilines is 2. The van der Waals surface area contributed by atoms with Gasteiger partial charge in [0.05, 0.1) is 38.5 Å². The Hall–Kier alpha value is -3.51. The fourth-order valence-corrected chi connectivity index (χ4v) is 3.63. The van der Waals surface area contributed by atoms with Crippen molar-refractivity contribution in [1.82, 2.24) is 9.97 Å². The van der Waals surface area contributed by atoms with Crippen LogP contribution in [0.5, 0.6) is 11.5 Å². The first-order valence-corrected chi connectivity index (χ1v) is 10.5. The van der Waals surface area contributed by atoms with E-state index in [2.05, 4.69) is 26.1 Å². The molecule has 3 rings (SSSR count). The third-order valence-corrected chi connectivity index (χ3v) is 5.37. The van der Waals surface area contributed by atoms with Crippen LogP contribution in [0.25, 0.3) is 10.9 Å². The number of rotatable bonds is 9. The average Bonchev–Trinajstić information content (AvgIpc) is 2.81. The van der Waals surface area contributed by atoms with Gasteiger partial charge in [0.25, 0.3) is 0 Å². The zero-order valence-electron chi connectivity index (χ0n) is 17.5. The van der Waals surface area contributed by atoms with Gasteiger partial charge in [-0.1, -0.05) is 11.8 Å². The smallest absolute Gasteiger partial charge is 0.305 e. The Morgan fingerprint density at radius 2 is 1.81 bits per heavy atom. The molecule has 0 amide bonds. The molecule has 1 heterocycles. The molecule has 0 aliphatic carbocycles. The lowest BCUT2D eigenvalue weighted by molar-refractivity contribution is -0.140. The summed E-state index contributed by atoms with van der Waals surface area (Å²) in [4.78, 5) is 20.6. The Bertz CT molecular complexity index is 1110. The van der Waals surface area contributed by atoms with Gasteiger partial charge in [-0.3, -0.25) is 4.79 Å². The fraction of sp³-hybridized carbons (Fsp3) is 0.273. The van der Waals surface area contributed by atoms with E-state index < -0.39 is 0 Å². The molecular formula is C22H22N4O4S. The SMILES string of the molecule is COC(=O)CCCSc1nc(Nc2ccc(C#N)cc2)c2cc(OC)c(OC)cc2n1. The van der Waals surface area contributed by atoms with Gasteiger partial charge in [0.1, 0.15) is 5.82 Å². The molecule has 0 spiro atoms. The van der Waals surface area contributed by atoms with Crippen LogP contribution < -0.4 is 14.8 Å². The Morgan fingerprint density at radius 1 is 1.10 bits per heavy atom. The number of nitriles is 1. The van der Waals surface area contributed by atoms with Crippen LogP contribution in [0.1, 0.15) is 18.4 Å². The number of carbonyl (C=O) groups excluding carboxylic acids is 1. The normalized spacial score (nSPS) is 10.4. The van der Waals surface area contributed by atoms with Gasteiger partial charge in [-0.25, -0.2) is 9.97 Å². The summed E-state index contributed by atoms with van der Waals surface area (Å²) >= 11 is 1.46. The van der Waals surface area contributed by atoms with Crippen LogP contribution >= 0.6 is 11.8 Å². The summed E-state index contributed by atoms with van der Waals surface area (Å²) < 4.78 is 15.5. The third-order valence-electron chi connectivity index (χ3n) is 4.44. The van der Waals surface area contributed by atoms with Gasteiger partial charge < -0.3 is 19.5 Å². The van der Waals surface area contributed by atoms with E-state index in [-0.39, 0.29) is 5.97 Å². The number of hydrogen-bond acceptors (Lipinski definition) is 9. The highest BCUT2D eigenvalue weighted by atomic mass is 32.2. The lowest BCUT2D eigenvalue weighted by atomic mass is 10.2. The topological polar surface area (TPSA) is 106 Å². The Labute approximate surface area is 184 Å². The summed E-state index contributed by atoms with van der Waals surface area (Å²) in [6, 6.07) is 12.8. The van der Waals surface area contributed by atoms with Crippen LogP contribution in [0.3, 0.4) is 0 Å². The average molecular weight is 439 g/mol. The molecule has 0 unspecified atom stereocenters. The van der Waals surface area contributed by atoms with Crippen LogP contribution in [-0.4, -0.2) is 43.0 Å². The molecule has 0 radical (unpaired) electrons. The molecule has 0 aliphatic rings. The number of benzene rings is 2. The lowest BCUT2D eigenvalue weighted by Crippen LogP contribution is -2.02. The van der Waals surface area contributed by atoms with E-state index in [0.717, 1.165) is 11.1 Å². The van der Waals surface area contributed by atoms with Crippen molar-refractivity contribution in [2.45, 2.75) is 18.0 Å². The van der Waals surface area contributed by atoms with Crippen molar-refractivity contribution in [3.05, 3.63) is 42.0 Å². The largest absolute Gasteiger partial charge is 0.493 e. The number of fused-ring (bicyclic) bond motifs is 1. The second-order valence-corrected chi connectivity index (χ2v) is 7.48. The van der Waals surface area contributed by atoms with Crippen molar-refractivity contribution < 1.29 is 19.0 Å². The van der Waals surface area contributed by atoms with Crippen LogP contribution in [0.4, 0.5) is 11.5 Å². The van der Waals surface area contributed by atoms with E-state index in [4.69, 9.17) is 14.7 Å². The zero-order valence-corrected chi connectivity index (χ0v) is 18.3. The predicted molar refractivity (Wildman–Crippen MR) is 119 cm³/mol. The summed E-state index contributed by atoms with van der Waals surface area (Å²) in [5.74, 6) is 2.18. The second kappa shape index (κ2) is 10.5. The minimum absolute atomic E-state index is 0.236. The minimum Gasteiger partial charge on any atom is -0.493 e. The quantitative estimate of drug-likeness (QED) is 0.226. The molecule has 0 saturated heterocycles. The summed E-state index contributed by atoms with van der Waals surface area (Å²) in [6.07, 6.45) is 1.00. The van der Waals surface area contributed by atoms with Gasteiger partial charge in [-0.05, 0) is 36.8 Å². The lowest BCUT2D eigenvalue weighted by Gasteiger charge is -2.14. The second-order valence-electron chi connectivity index (χ2n) is 6.42. The third kappa shape index (κ3) is 5.55. The van der Waals surface area contributed by atoms with E-state index in [0.29, 0.717) is 52.1 Å². The summed E-state index contributed by atoms with van der Waals surface area (Å²) in [5.41, 5.74) is 2.06. The van der Waals surface area contributed by atoms with Crippen molar-refractivity contribution in [3.63, 3.8) is 0 Å². The maximum absolute atomic E-state index is 11.3. The van der Waals surface area contributed by atoms with Crippen molar-refractivity contribution in [1.29, 1.82) is 5.26 Å². The highest BCUT2D eigenvalue weighted by Crippen LogP contribution is 2.36. The maximum Gasteiger partial charge on any atom is 0.305 e. The number of thioether (sulfide) groups is 1. The fourth-order valence-electron chi connectivity index (χ4n) is 2.84. The number of methoxy groups -OCH3 is 3. The molecule has 160 valence electrons. The number of esters is 1. The molecule has 1 N–H and O–H groups in total. The van der Waals surface area contributed by atoms with Gasteiger partial charge in [-0.2, -0.15) is 5.26 Å².